The van der Waals surface area contributed by atoms with Crippen molar-refractivity contribution in [2.45, 2.75) is 32.3 Å². The maximum absolute atomic E-state index is 12.3. The largest absolute Gasteiger partial charge is 0.507 e. The zero-order valence-electron chi connectivity index (χ0n) is 11.9. The molecule has 110 valence electrons. The van der Waals surface area contributed by atoms with Crippen LogP contribution in [0.1, 0.15) is 37.0 Å². The number of esters is 1. The molecular weight excluding hydrogens is 369 g/mol. The third kappa shape index (κ3) is 3.63. The first kappa shape index (κ1) is 15.6. The monoisotopic (exact) mass is 390 g/mol. The van der Waals surface area contributed by atoms with Gasteiger partial charge in [-0.05, 0) is 54.6 Å². The minimum absolute atomic E-state index is 0.0248. The van der Waals surface area contributed by atoms with Gasteiger partial charge in [-0.3, -0.25) is 0 Å². The van der Waals surface area contributed by atoms with Crippen LogP contribution in [0.25, 0.3) is 0 Å². The van der Waals surface area contributed by atoms with Gasteiger partial charge in [-0.2, -0.15) is 0 Å². The van der Waals surface area contributed by atoms with Crippen molar-refractivity contribution in [3.05, 3.63) is 27.3 Å². The molecule has 1 aliphatic heterocycles. The molecular formula is C15H21INO3+. The van der Waals surface area contributed by atoms with Crippen LogP contribution in [0, 0.1) is 9.49 Å². The number of carbonyl (C=O) groups is 1. The number of halogens is 1. The third-order valence-electron chi connectivity index (χ3n) is 3.96. The highest BCUT2D eigenvalue weighted by Gasteiger charge is 2.36. The second-order valence-corrected chi connectivity index (χ2v) is 7.04. The molecule has 0 bridgehead atoms. The minimum Gasteiger partial charge on any atom is -0.507 e. The number of benzene rings is 1. The molecule has 20 heavy (non-hydrogen) atoms. The first-order valence-corrected chi connectivity index (χ1v) is 8.01. The van der Waals surface area contributed by atoms with Gasteiger partial charge in [0.15, 0.2) is 0 Å². The van der Waals surface area contributed by atoms with Crippen molar-refractivity contribution in [3.63, 3.8) is 0 Å². The fraction of sp³-hybridized carbons (Fsp3) is 0.533. The molecule has 1 fully saturated rings. The summed E-state index contributed by atoms with van der Waals surface area (Å²) in [5.74, 6) is -0.0925. The lowest BCUT2D eigenvalue weighted by atomic mass is 9.83. The maximum atomic E-state index is 12.3. The molecule has 1 heterocycles. The summed E-state index contributed by atoms with van der Waals surface area (Å²) in [6.45, 7) is 6.10. The maximum Gasteiger partial charge on any atom is 0.342 e. The molecule has 0 unspecified atom stereocenters. The Kier molecular flexibility index (Phi) is 4.90. The molecule has 0 atom stereocenters. The average Bonchev–Trinajstić information content (AvgIpc) is 2.42. The van der Waals surface area contributed by atoms with Gasteiger partial charge in [-0.25, -0.2) is 4.79 Å². The molecule has 0 spiro atoms. The lowest BCUT2D eigenvalue weighted by Gasteiger charge is -2.35. The van der Waals surface area contributed by atoms with Crippen molar-refractivity contribution < 1.29 is 20.0 Å². The number of ether oxygens (including phenoxy) is 1. The number of quaternary nitrogens is 1. The van der Waals surface area contributed by atoms with Crippen LogP contribution in [0.5, 0.6) is 5.75 Å². The van der Waals surface area contributed by atoms with Crippen LogP contribution in [0.4, 0.5) is 0 Å². The highest BCUT2D eigenvalue weighted by molar-refractivity contribution is 14.1. The molecule has 4 nitrogen and oxygen atoms in total. The number of piperidine rings is 1. The van der Waals surface area contributed by atoms with E-state index in [1.807, 2.05) is 13.8 Å². The molecule has 0 amide bonds. The quantitative estimate of drug-likeness (QED) is 0.612. The average molecular weight is 390 g/mol. The molecule has 1 aromatic rings. The van der Waals surface area contributed by atoms with E-state index in [-0.39, 0.29) is 11.3 Å². The second kappa shape index (κ2) is 6.30. The van der Waals surface area contributed by atoms with E-state index in [0.29, 0.717) is 5.92 Å². The van der Waals surface area contributed by atoms with Gasteiger partial charge in [0.1, 0.15) is 16.9 Å². The van der Waals surface area contributed by atoms with Gasteiger partial charge >= 0.3 is 5.97 Å². The van der Waals surface area contributed by atoms with Gasteiger partial charge in [-0.15, -0.1) is 0 Å². The van der Waals surface area contributed by atoms with E-state index in [0.717, 1.165) is 29.5 Å². The summed E-state index contributed by atoms with van der Waals surface area (Å²) < 4.78 is 6.58. The Morgan fingerprint density at radius 1 is 1.40 bits per heavy atom. The number of aromatic hydroxyl groups is 1. The summed E-state index contributed by atoms with van der Waals surface area (Å²) in [6, 6.07) is 4.94. The lowest BCUT2D eigenvalue weighted by Crippen LogP contribution is -2.86. The van der Waals surface area contributed by atoms with Gasteiger partial charge in [-0.1, -0.05) is 0 Å². The highest BCUT2D eigenvalue weighted by Crippen LogP contribution is 2.30. The van der Waals surface area contributed by atoms with Crippen molar-refractivity contribution in [2.24, 2.45) is 5.92 Å². The van der Waals surface area contributed by atoms with Crippen LogP contribution < -0.4 is 5.32 Å². The lowest BCUT2D eigenvalue weighted by molar-refractivity contribution is -0.665. The number of carbonyl (C=O) groups excluding carboxylic acids is 1. The standard InChI is InChI=1S/C15H20INO3/c1-15(2,10-5-7-17-8-6-10)20-14(19)12-9-11(16)3-4-13(12)18/h3-4,9-10,17-18H,5-8H2,1-2H3/p+1. The number of phenols is 1. The predicted molar refractivity (Wildman–Crippen MR) is 84.7 cm³/mol. The molecule has 0 radical (unpaired) electrons. The van der Waals surface area contributed by atoms with Gasteiger partial charge in [0.25, 0.3) is 0 Å². The number of hydrogen-bond acceptors (Lipinski definition) is 3. The number of hydrogen-bond donors (Lipinski definition) is 2. The van der Waals surface area contributed by atoms with E-state index in [4.69, 9.17) is 4.74 Å². The molecule has 0 saturated carbocycles. The Balaban J connectivity index is 2.11. The molecule has 2 rings (SSSR count). The van der Waals surface area contributed by atoms with Crippen LogP contribution in [0.15, 0.2) is 18.2 Å². The first-order valence-electron chi connectivity index (χ1n) is 6.93. The Bertz CT molecular complexity index is 496. The highest BCUT2D eigenvalue weighted by atomic mass is 127. The minimum atomic E-state index is -0.501. The van der Waals surface area contributed by atoms with E-state index < -0.39 is 11.6 Å². The van der Waals surface area contributed by atoms with Crippen molar-refractivity contribution in [3.8, 4) is 5.75 Å². The summed E-state index contributed by atoms with van der Waals surface area (Å²) in [7, 11) is 0. The smallest absolute Gasteiger partial charge is 0.342 e. The van der Waals surface area contributed by atoms with E-state index in [1.165, 1.54) is 6.07 Å². The van der Waals surface area contributed by atoms with E-state index in [9.17, 15) is 9.90 Å². The Morgan fingerprint density at radius 3 is 2.70 bits per heavy atom. The van der Waals surface area contributed by atoms with Gasteiger partial charge < -0.3 is 15.2 Å². The number of rotatable bonds is 3. The molecule has 1 aliphatic rings. The summed E-state index contributed by atoms with van der Waals surface area (Å²) in [4.78, 5) is 12.3. The van der Waals surface area contributed by atoms with Crippen LogP contribution in [0.2, 0.25) is 0 Å². The Labute approximate surface area is 133 Å². The summed E-state index contributed by atoms with van der Waals surface area (Å²) >= 11 is 2.11. The van der Waals surface area contributed by atoms with Crippen LogP contribution in [-0.4, -0.2) is 29.8 Å². The number of phenolic OH excluding ortho intramolecular Hbond substituents is 1. The third-order valence-corrected chi connectivity index (χ3v) is 4.63. The van der Waals surface area contributed by atoms with Gasteiger partial charge in [0.05, 0.1) is 13.1 Å². The summed E-state index contributed by atoms with van der Waals surface area (Å²) in [6.07, 6.45) is 2.11. The van der Waals surface area contributed by atoms with Crippen LogP contribution in [0.3, 0.4) is 0 Å². The van der Waals surface area contributed by atoms with Crippen molar-refractivity contribution in [2.75, 3.05) is 13.1 Å². The normalized spacial score (nSPS) is 16.9. The zero-order valence-corrected chi connectivity index (χ0v) is 14.0. The molecule has 1 saturated heterocycles. The molecule has 1 aromatic carbocycles. The van der Waals surface area contributed by atoms with Crippen molar-refractivity contribution in [1.82, 2.24) is 0 Å². The fourth-order valence-corrected chi connectivity index (χ4v) is 3.16. The topological polar surface area (TPSA) is 63.1 Å². The van der Waals surface area contributed by atoms with Crippen LogP contribution >= 0.6 is 22.6 Å². The molecule has 3 N–H and O–H groups in total. The number of nitrogens with two attached hydrogens (primary N) is 1. The van der Waals surface area contributed by atoms with E-state index in [1.54, 1.807) is 12.1 Å². The zero-order chi connectivity index (χ0) is 14.8. The fourth-order valence-electron chi connectivity index (χ4n) is 2.67. The van der Waals surface area contributed by atoms with Crippen LogP contribution in [-0.2, 0) is 4.74 Å². The molecule has 0 aromatic heterocycles. The first-order chi connectivity index (χ1) is 9.40. The van der Waals surface area contributed by atoms with Crippen molar-refractivity contribution in [1.29, 1.82) is 0 Å². The van der Waals surface area contributed by atoms with E-state index >= 15 is 0 Å². The van der Waals surface area contributed by atoms with Gasteiger partial charge in [0.2, 0.25) is 0 Å². The Hall–Kier alpha value is -0.820. The van der Waals surface area contributed by atoms with Gasteiger partial charge in [0, 0.05) is 22.3 Å². The predicted octanol–water partition coefficient (Wildman–Crippen LogP) is 1.91. The van der Waals surface area contributed by atoms with Crippen molar-refractivity contribution >= 4 is 28.6 Å². The second-order valence-electron chi connectivity index (χ2n) is 5.79. The molecule has 0 aliphatic carbocycles. The summed E-state index contributed by atoms with van der Waals surface area (Å²) in [5.41, 5.74) is -0.258. The molecule has 5 heteroatoms. The SMILES string of the molecule is CC(C)(OC(=O)c1cc(I)ccc1O)C1CC[NH2+]CC1. The Morgan fingerprint density at radius 2 is 2.05 bits per heavy atom. The summed E-state index contributed by atoms with van der Waals surface area (Å²) in [5, 5.41) is 12.1. The van der Waals surface area contributed by atoms with E-state index in [2.05, 4.69) is 27.9 Å².